The Labute approximate surface area is 153 Å². The zero-order chi connectivity index (χ0) is 17.9. The predicted octanol–water partition coefficient (Wildman–Crippen LogP) is 6.32. The molecule has 128 valence electrons. The minimum absolute atomic E-state index is 0.424. The van der Waals surface area contributed by atoms with E-state index in [1.54, 1.807) is 7.11 Å². The summed E-state index contributed by atoms with van der Waals surface area (Å²) in [5.74, 6) is 1.64. The molecule has 0 atom stereocenters. The van der Waals surface area contributed by atoms with Crippen molar-refractivity contribution < 1.29 is 4.74 Å². The molecule has 0 bridgehead atoms. The Kier molecular flexibility index (Phi) is 6.22. The van der Waals surface area contributed by atoms with Crippen molar-refractivity contribution in [2.24, 2.45) is 0 Å². The molecule has 1 N–H and O–H groups in total. The van der Waals surface area contributed by atoms with Gasteiger partial charge in [0.2, 0.25) is 0 Å². The standard InChI is InChI=1S/C21H26BrNO/c1-13(2)18-10-16(22)11-19(14(3)4)20(18)12-21(23)15-7-6-8-17(9-15)24-5/h6-11,13-14,23H,12H2,1-5H3. The molecule has 0 saturated carbocycles. The Morgan fingerprint density at radius 2 is 1.62 bits per heavy atom. The number of benzene rings is 2. The van der Waals surface area contributed by atoms with Crippen LogP contribution in [-0.4, -0.2) is 12.8 Å². The molecule has 0 spiro atoms. The Hall–Kier alpha value is -1.61. The van der Waals surface area contributed by atoms with E-state index in [-0.39, 0.29) is 0 Å². The zero-order valence-electron chi connectivity index (χ0n) is 15.1. The molecule has 0 aromatic heterocycles. The molecule has 0 saturated heterocycles. The first kappa shape index (κ1) is 18.7. The molecule has 0 aliphatic rings. The molecular weight excluding hydrogens is 362 g/mol. The maximum atomic E-state index is 8.60. The van der Waals surface area contributed by atoms with Gasteiger partial charge in [-0.15, -0.1) is 0 Å². The quantitative estimate of drug-likeness (QED) is 0.578. The second kappa shape index (κ2) is 7.98. The molecular formula is C21H26BrNO. The Morgan fingerprint density at radius 3 is 2.12 bits per heavy atom. The minimum Gasteiger partial charge on any atom is -0.497 e. The molecule has 2 aromatic rings. The van der Waals surface area contributed by atoms with Gasteiger partial charge in [0.1, 0.15) is 5.75 Å². The number of hydrogen-bond donors (Lipinski definition) is 1. The topological polar surface area (TPSA) is 33.1 Å². The van der Waals surface area contributed by atoms with E-state index in [1.807, 2.05) is 24.3 Å². The normalized spacial score (nSPS) is 11.2. The molecule has 0 amide bonds. The van der Waals surface area contributed by atoms with Crippen LogP contribution in [-0.2, 0) is 6.42 Å². The second-order valence-corrected chi connectivity index (χ2v) is 7.68. The molecule has 2 aromatic carbocycles. The fraction of sp³-hybridized carbons (Fsp3) is 0.381. The summed E-state index contributed by atoms with van der Waals surface area (Å²) in [5.41, 5.74) is 5.47. The van der Waals surface area contributed by atoms with E-state index in [0.717, 1.165) is 15.8 Å². The van der Waals surface area contributed by atoms with Crippen LogP contribution in [0.25, 0.3) is 0 Å². The summed E-state index contributed by atoms with van der Waals surface area (Å²) in [6.07, 6.45) is 0.640. The van der Waals surface area contributed by atoms with E-state index in [1.165, 1.54) is 16.7 Å². The van der Waals surface area contributed by atoms with Gasteiger partial charge in [0, 0.05) is 16.6 Å². The lowest BCUT2D eigenvalue weighted by molar-refractivity contribution is 0.414. The van der Waals surface area contributed by atoms with Crippen LogP contribution in [0.5, 0.6) is 5.75 Å². The van der Waals surface area contributed by atoms with Crippen LogP contribution < -0.4 is 4.74 Å². The van der Waals surface area contributed by atoms with E-state index < -0.39 is 0 Å². The molecule has 0 aliphatic carbocycles. The van der Waals surface area contributed by atoms with Gasteiger partial charge < -0.3 is 10.1 Å². The highest BCUT2D eigenvalue weighted by atomic mass is 79.9. The fourth-order valence-corrected chi connectivity index (χ4v) is 3.50. The SMILES string of the molecule is COc1cccc(C(=N)Cc2c(C(C)C)cc(Br)cc2C(C)C)c1. The van der Waals surface area contributed by atoms with Crippen molar-refractivity contribution in [2.45, 2.75) is 46.0 Å². The molecule has 0 heterocycles. The molecule has 2 nitrogen and oxygen atoms in total. The average molecular weight is 388 g/mol. The monoisotopic (exact) mass is 387 g/mol. The van der Waals surface area contributed by atoms with E-state index in [2.05, 4.69) is 55.8 Å². The molecule has 24 heavy (non-hydrogen) atoms. The lowest BCUT2D eigenvalue weighted by Crippen LogP contribution is -2.11. The number of ether oxygens (including phenoxy) is 1. The van der Waals surface area contributed by atoms with Gasteiger partial charge in [-0.3, -0.25) is 0 Å². The second-order valence-electron chi connectivity index (χ2n) is 6.76. The average Bonchev–Trinajstić information content (AvgIpc) is 2.55. The maximum absolute atomic E-state index is 8.60. The zero-order valence-corrected chi connectivity index (χ0v) is 16.7. The lowest BCUT2D eigenvalue weighted by Gasteiger charge is -2.21. The molecule has 2 rings (SSSR count). The van der Waals surface area contributed by atoms with Crippen LogP contribution in [0.4, 0.5) is 0 Å². The first-order chi connectivity index (χ1) is 11.3. The summed E-state index contributed by atoms with van der Waals surface area (Å²) in [6.45, 7) is 8.85. The summed E-state index contributed by atoms with van der Waals surface area (Å²) >= 11 is 3.64. The first-order valence-corrected chi connectivity index (χ1v) is 9.16. The Morgan fingerprint density at radius 1 is 1.04 bits per heavy atom. The van der Waals surface area contributed by atoms with E-state index in [4.69, 9.17) is 10.1 Å². The van der Waals surface area contributed by atoms with Gasteiger partial charge in [-0.2, -0.15) is 0 Å². The van der Waals surface area contributed by atoms with E-state index >= 15 is 0 Å². The van der Waals surface area contributed by atoms with Crippen LogP contribution in [0.15, 0.2) is 40.9 Å². The van der Waals surface area contributed by atoms with Crippen molar-refractivity contribution in [3.8, 4) is 5.75 Å². The van der Waals surface area contributed by atoms with Gasteiger partial charge in [0.15, 0.2) is 0 Å². The number of rotatable bonds is 6. The highest BCUT2D eigenvalue weighted by molar-refractivity contribution is 9.10. The summed E-state index contributed by atoms with van der Waals surface area (Å²) in [4.78, 5) is 0. The maximum Gasteiger partial charge on any atom is 0.119 e. The van der Waals surface area contributed by atoms with Crippen LogP contribution in [0.3, 0.4) is 0 Å². The summed E-state index contributed by atoms with van der Waals surface area (Å²) in [6, 6.07) is 12.2. The van der Waals surface area contributed by atoms with Gasteiger partial charge in [-0.25, -0.2) is 0 Å². The van der Waals surface area contributed by atoms with Crippen molar-refractivity contribution in [3.05, 3.63) is 63.1 Å². The molecule has 3 heteroatoms. The first-order valence-electron chi connectivity index (χ1n) is 8.37. The van der Waals surface area contributed by atoms with Gasteiger partial charge in [-0.1, -0.05) is 55.8 Å². The van der Waals surface area contributed by atoms with Crippen LogP contribution in [0.1, 0.15) is 61.8 Å². The minimum atomic E-state index is 0.424. The van der Waals surface area contributed by atoms with Crippen LogP contribution >= 0.6 is 15.9 Å². The van der Waals surface area contributed by atoms with Crippen molar-refractivity contribution in [1.29, 1.82) is 5.41 Å². The van der Waals surface area contributed by atoms with Crippen molar-refractivity contribution in [1.82, 2.24) is 0 Å². The van der Waals surface area contributed by atoms with Crippen LogP contribution in [0.2, 0.25) is 0 Å². The summed E-state index contributed by atoms with van der Waals surface area (Å²) < 4.78 is 6.41. The number of halogens is 1. The summed E-state index contributed by atoms with van der Waals surface area (Å²) in [7, 11) is 1.66. The predicted molar refractivity (Wildman–Crippen MR) is 106 cm³/mol. The van der Waals surface area contributed by atoms with Gasteiger partial charge in [0.05, 0.1) is 7.11 Å². The largest absolute Gasteiger partial charge is 0.497 e. The van der Waals surface area contributed by atoms with Crippen molar-refractivity contribution in [3.63, 3.8) is 0 Å². The smallest absolute Gasteiger partial charge is 0.119 e. The third-order valence-electron chi connectivity index (χ3n) is 4.30. The molecule has 0 unspecified atom stereocenters. The third-order valence-corrected chi connectivity index (χ3v) is 4.76. The van der Waals surface area contributed by atoms with Crippen LogP contribution in [0, 0.1) is 5.41 Å². The Bertz CT molecular complexity index is 705. The number of methoxy groups -OCH3 is 1. The highest BCUT2D eigenvalue weighted by Gasteiger charge is 2.17. The summed E-state index contributed by atoms with van der Waals surface area (Å²) in [5, 5.41) is 8.60. The van der Waals surface area contributed by atoms with Gasteiger partial charge in [-0.05, 0) is 58.4 Å². The number of hydrogen-bond acceptors (Lipinski definition) is 2. The van der Waals surface area contributed by atoms with Gasteiger partial charge >= 0.3 is 0 Å². The molecule has 0 fully saturated rings. The van der Waals surface area contributed by atoms with Crippen molar-refractivity contribution >= 4 is 21.6 Å². The van der Waals surface area contributed by atoms with Gasteiger partial charge in [0.25, 0.3) is 0 Å². The Balaban J connectivity index is 2.45. The van der Waals surface area contributed by atoms with E-state index in [9.17, 15) is 0 Å². The number of nitrogens with one attached hydrogen (secondary N) is 1. The fourth-order valence-electron chi connectivity index (χ4n) is 3.00. The lowest BCUT2D eigenvalue weighted by atomic mass is 9.85. The molecule has 0 aliphatic heterocycles. The van der Waals surface area contributed by atoms with E-state index in [0.29, 0.717) is 24.0 Å². The van der Waals surface area contributed by atoms with Crippen molar-refractivity contribution in [2.75, 3.05) is 7.11 Å². The molecule has 0 radical (unpaired) electrons. The third kappa shape index (κ3) is 4.27. The highest BCUT2D eigenvalue weighted by Crippen LogP contribution is 2.32.